The Morgan fingerprint density at radius 2 is 1.87 bits per heavy atom. The first-order valence-corrected chi connectivity index (χ1v) is 13.6. The van der Waals surface area contributed by atoms with E-state index in [0.717, 1.165) is 64.5 Å². The molecule has 6 rings (SSSR count). The number of aliphatic hydroxyl groups is 2. The van der Waals surface area contributed by atoms with E-state index >= 15 is 0 Å². The smallest absolute Gasteiger partial charge is 0.410 e. The van der Waals surface area contributed by atoms with Crippen molar-refractivity contribution in [3.05, 3.63) is 12.2 Å². The Kier molecular flexibility index (Phi) is 6.82. The summed E-state index contributed by atoms with van der Waals surface area (Å²) in [6, 6.07) is 0.107. The van der Waals surface area contributed by atoms with Crippen LogP contribution in [0.5, 0.6) is 0 Å². The van der Waals surface area contributed by atoms with E-state index in [-0.39, 0.29) is 24.1 Å². The lowest BCUT2D eigenvalue weighted by atomic mass is 9.91. The van der Waals surface area contributed by atoms with Crippen LogP contribution in [0.25, 0.3) is 11.2 Å². The lowest BCUT2D eigenvalue weighted by molar-refractivity contribution is -0.137. The molecular formula is C25H35N7O6. The Morgan fingerprint density at radius 1 is 1.11 bits per heavy atom. The number of amides is 2. The molecule has 5 N–H and O–H groups in total. The van der Waals surface area contributed by atoms with Gasteiger partial charge in [0.25, 0.3) is 5.91 Å². The van der Waals surface area contributed by atoms with Gasteiger partial charge in [-0.1, -0.05) is 0 Å². The van der Waals surface area contributed by atoms with Crippen molar-refractivity contribution in [1.82, 2.24) is 29.7 Å². The van der Waals surface area contributed by atoms with E-state index in [1.165, 1.54) is 10.9 Å². The Hall–Kier alpha value is -3.03. The molecule has 13 heteroatoms. The molecule has 13 nitrogen and oxygen atoms in total. The molecule has 0 radical (unpaired) electrons. The highest BCUT2D eigenvalue weighted by Crippen LogP contribution is 2.33. The third-order valence-electron chi connectivity index (χ3n) is 7.87. The van der Waals surface area contributed by atoms with E-state index in [1.54, 1.807) is 0 Å². The lowest BCUT2D eigenvalue weighted by Crippen LogP contribution is -2.43. The molecule has 206 valence electrons. The average molecular weight is 530 g/mol. The lowest BCUT2D eigenvalue weighted by Gasteiger charge is -2.31. The maximum Gasteiger partial charge on any atom is 0.410 e. The number of ether oxygens (including phenoxy) is 2. The predicted molar refractivity (Wildman–Crippen MR) is 134 cm³/mol. The van der Waals surface area contributed by atoms with E-state index < -0.39 is 30.4 Å². The number of nitrogens with zero attached hydrogens (tertiary/aromatic N) is 5. The summed E-state index contributed by atoms with van der Waals surface area (Å²) in [4.78, 5) is 39.8. The monoisotopic (exact) mass is 529 g/mol. The van der Waals surface area contributed by atoms with Gasteiger partial charge in [0.05, 0.1) is 6.33 Å². The number of hydrogen-bond donors (Lipinski definition) is 4. The van der Waals surface area contributed by atoms with E-state index in [1.807, 2.05) is 4.90 Å². The van der Waals surface area contributed by atoms with Crippen molar-refractivity contribution in [3.8, 4) is 0 Å². The second-order valence-corrected chi connectivity index (χ2v) is 11.0. The number of nitrogens with one attached hydrogen (secondary N) is 1. The van der Waals surface area contributed by atoms with E-state index in [9.17, 15) is 19.8 Å². The molecule has 2 aliphatic carbocycles. The third-order valence-corrected chi connectivity index (χ3v) is 7.87. The molecule has 4 atom stereocenters. The first-order valence-electron chi connectivity index (χ1n) is 13.6. The van der Waals surface area contributed by atoms with Crippen LogP contribution in [0.1, 0.15) is 63.4 Å². The molecule has 0 bridgehead atoms. The van der Waals surface area contributed by atoms with Crippen molar-refractivity contribution in [2.24, 2.45) is 5.92 Å². The predicted octanol–water partition coefficient (Wildman–Crippen LogP) is 0.640. The van der Waals surface area contributed by atoms with Gasteiger partial charge in [-0.15, -0.1) is 0 Å². The molecule has 2 saturated heterocycles. The van der Waals surface area contributed by atoms with Crippen molar-refractivity contribution in [2.75, 3.05) is 18.8 Å². The number of imidazole rings is 1. The van der Waals surface area contributed by atoms with Crippen molar-refractivity contribution < 1.29 is 29.3 Å². The van der Waals surface area contributed by atoms with Crippen LogP contribution in [0.4, 0.5) is 10.6 Å². The van der Waals surface area contributed by atoms with Gasteiger partial charge in [-0.25, -0.2) is 19.7 Å². The van der Waals surface area contributed by atoms with Crippen molar-refractivity contribution >= 4 is 29.0 Å². The summed E-state index contributed by atoms with van der Waals surface area (Å²) in [5.74, 6) is 0.862. The van der Waals surface area contributed by atoms with Crippen molar-refractivity contribution in [1.29, 1.82) is 0 Å². The summed E-state index contributed by atoms with van der Waals surface area (Å²) >= 11 is 0. The fourth-order valence-electron chi connectivity index (χ4n) is 5.26. The highest BCUT2D eigenvalue weighted by Gasteiger charge is 2.48. The summed E-state index contributed by atoms with van der Waals surface area (Å²) in [5.41, 5.74) is 6.93. The van der Waals surface area contributed by atoms with Gasteiger partial charge in [0.15, 0.2) is 23.8 Å². The zero-order chi connectivity index (χ0) is 26.4. The number of piperidine rings is 1. The van der Waals surface area contributed by atoms with Crippen molar-refractivity contribution in [2.45, 2.75) is 94.5 Å². The van der Waals surface area contributed by atoms with Crippen LogP contribution in [-0.2, 0) is 20.7 Å². The SMILES string of the molecule is Nc1nc(CCCC2CCN(C(=O)OC3CC3)CC2)nc2c1ncn2[C@@H]1O[C@H](C(=O)NC2CC2)[C@H](O)C1O. The van der Waals surface area contributed by atoms with E-state index in [4.69, 9.17) is 15.2 Å². The average Bonchev–Trinajstić information content (AvgIpc) is 3.83. The molecular weight excluding hydrogens is 494 g/mol. The fourth-order valence-corrected chi connectivity index (χ4v) is 5.26. The molecule has 2 aromatic rings. The molecule has 0 aromatic carbocycles. The van der Waals surface area contributed by atoms with Crippen LogP contribution in [0, 0.1) is 5.92 Å². The fraction of sp³-hybridized carbons (Fsp3) is 0.720. The summed E-state index contributed by atoms with van der Waals surface area (Å²) in [7, 11) is 0. The summed E-state index contributed by atoms with van der Waals surface area (Å²) in [6.45, 7) is 1.44. The Morgan fingerprint density at radius 3 is 2.58 bits per heavy atom. The number of anilines is 1. The second-order valence-electron chi connectivity index (χ2n) is 11.0. The number of hydrogen-bond acceptors (Lipinski definition) is 10. The first kappa shape index (κ1) is 25.3. The number of aliphatic hydroxyl groups excluding tert-OH is 2. The minimum atomic E-state index is -1.38. The van der Waals surface area contributed by atoms with E-state index in [2.05, 4.69) is 20.3 Å². The van der Waals surface area contributed by atoms with Crippen LogP contribution in [0.15, 0.2) is 6.33 Å². The molecule has 1 unspecified atom stereocenters. The van der Waals surface area contributed by atoms with E-state index in [0.29, 0.717) is 29.3 Å². The minimum absolute atomic E-state index is 0.107. The van der Waals surface area contributed by atoms with Crippen LogP contribution >= 0.6 is 0 Å². The molecule has 2 aromatic heterocycles. The maximum absolute atomic E-state index is 12.5. The standard InChI is InChI=1S/C25H35N7O6/c26-21-17-22(32(12-27-17)24-19(34)18(33)20(38-24)23(35)28-14-4-5-14)30-16(29-21)3-1-2-13-8-10-31(11-9-13)25(36)37-15-6-7-15/h12-15,18-20,24,33-34H,1-11H2,(H,28,35)(H2,26,29,30)/t18-,19?,20+,24-/m1/s1. The second kappa shape index (κ2) is 10.3. The number of carbonyl (C=O) groups excluding carboxylic acids is 2. The van der Waals surface area contributed by atoms with Gasteiger partial charge in [0.1, 0.15) is 29.7 Å². The molecule has 2 saturated carbocycles. The molecule has 4 aliphatic rings. The number of nitrogen functional groups attached to an aromatic ring is 1. The van der Waals surface area contributed by atoms with Gasteiger partial charge in [-0.05, 0) is 57.3 Å². The summed E-state index contributed by atoms with van der Waals surface area (Å²) in [5, 5.41) is 24.0. The zero-order valence-electron chi connectivity index (χ0n) is 21.2. The Balaban J connectivity index is 1.06. The van der Waals surface area contributed by atoms with Gasteiger partial charge in [0, 0.05) is 25.6 Å². The Labute approximate surface area is 219 Å². The molecule has 4 heterocycles. The minimum Gasteiger partial charge on any atom is -0.446 e. The van der Waals surface area contributed by atoms with Gasteiger partial charge in [-0.3, -0.25) is 9.36 Å². The number of rotatable bonds is 8. The van der Waals surface area contributed by atoms with Gasteiger partial charge in [0.2, 0.25) is 0 Å². The topological polar surface area (TPSA) is 178 Å². The zero-order valence-corrected chi connectivity index (χ0v) is 21.2. The number of nitrogens with two attached hydrogens (primary N) is 1. The highest BCUT2D eigenvalue weighted by atomic mass is 16.6. The van der Waals surface area contributed by atoms with Crippen LogP contribution < -0.4 is 11.1 Å². The first-order chi connectivity index (χ1) is 18.4. The van der Waals surface area contributed by atoms with Crippen LogP contribution in [0.3, 0.4) is 0 Å². The number of aromatic nitrogens is 4. The summed E-state index contributed by atoms with van der Waals surface area (Å²) < 4.78 is 12.7. The van der Waals surface area contributed by atoms with Gasteiger partial charge in [-0.2, -0.15) is 0 Å². The van der Waals surface area contributed by atoms with Crippen LogP contribution in [0.2, 0.25) is 0 Å². The van der Waals surface area contributed by atoms with Gasteiger partial charge < -0.3 is 35.6 Å². The third kappa shape index (κ3) is 5.27. The number of carbonyl (C=O) groups is 2. The van der Waals surface area contributed by atoms with Gasteiger partial charge >= 0.3 is 6.09 Å². The number of fused-ring (bicyclic) bond motifs is 1. The largest absolute Gasteiger partial charge is 0.446 e. The molecule has 38 heavy (non-hydrogen) atoms. The number of aryl methyl sites for hydroxylation is 1. The quantitative estimate of drug-likeness (QED) is 0.379. The molecule has 2 amide bonds. The highest BCUT2D eigenvalue weighted by molar-refractivity contribution is 5.83. The number of likely N-dealkylation sites (tertiary alicyclic amines) is 1. The molecule has 4 fully saturated rings. The van der Waals surface area contributed by atoms with Crippen LogP contribution in [-0.4, -0.2) is 90.2 Å². The summed E-state index contributed by atoms with van der Waals surface area (Å²) in [6.07, 6.45) is 4.56. The Bertz CT molecular complexity index is 1190. The van der Waals surface area contributed by atoms with Crippen molar-refractivity contribution in [3.63, 3.8) is 0 Å². The molecule has 2 aliphatic heterocycles. The maximum atomic E-state index is 12.5. The normalized spacial score (nSPS) is 28.1. The molecule has 0 spiro atoms.